The number of aromatic amines is 2. The SMILES string of the molecule is O=c1[nH]c(=S)[nH]c2c1CCN(Cc1cc(F)cc(Cl)c1O)C2. The Hall–Kier alpha value is -1.70. The summed E-state index contributed by atoms with van der Waals surface area (Å²) in [6.07, 6.45) is 0.556. The molecule has 0 spiro atoms. The van der Waals surface area contributed by atoms with Crippen molar-refractivity contribution in [2.24, 2.45) is 0 Å². The third-order valence-electron chi connectivity index (χ3n) is 3.69. The van der Waals surface area contributed by atoms with Gasteiger partial charge in [0.1, 0.15) is 11.6 Å². The summed E-state index contributed by atoms with van der Waals surface area (Å²) in [5.41, 5.74) is 1.68. The maximum absolute atomic E-state index is 13.4. The lowest BCUT2D eigenvalue weighted by Gasteiger charge is -2.28. The molecule has 1 aromatic carbocycles. The number of halogens is 2. The number of aromatic nitrogens is 2. The van der Waals surface area contributed by atoms with E-state index in [1.165, 1.54) is 6.07 Å². The molecule has 5 nitrogen and oxygen atoms in total. The third kappa shape index (κ3) is 2.92. The van der Waals surface area contributed by atoms with E-state index in [1.807, 2.05) is 4.90 Å². The summed E-state index contributed by atoms with van der Waals surface area (Å²) in [4.78, 5) is 19.4. The first-order chi connectivity index (χ1) is 10.4. The molecule has 1 aromatic heterocycles. The molecule has 1 aliphatic rings. The van der Waals surface area contributed by atoms with E-state index in [4.69, 9.17) is 23.8 Å². The second kappa shape index (κ2) is 5.83. The van der Waals surface area contributed by atoms with Crippen molar-refractivity contribution >= 4 is 23.8 Å². The standard InChI is InChI=1S/C14H13ClFN3O2S/c15-10-4-8(16)3-7(12(10)20)5-19-2-1-9-11(6-19)17-14(22)18-13(9)21/h3-4,20H,1-2,5-6H2,(H2,17,18,21,22). The van der Waals surface area contributed by atoms with Crippen molar-refractivity contribution in [3.63, 3.8) is 0 Å². The van der Waals surface area contributed by atoms with Crippen LogP contribution in [0, 0.1) is 10.6 Å². The number of nitrogens with zero attached hydrogens (tertiary/aromatic N) is 1. The van der Waals surface area contributed by atoms with Crippen LogP contribution in [0.5, 0.6) is 5.75 Å². The van der Waals surface area contributed by atoms with Crippen molar-refractivity contribution < 1.29 is 9.50 Å². The molecule has 22 heavy (non-hydrogen) atoms. The maximum Gasteiger partial charge on any atom is 0.255 e. The van der Waals surface area contributed by atoms with Gasteiger partial charge in [0.2, 0.25) is 0 Å². The van der Waals surface area contributed by atoms with E-state index >= 15 is 0 Å². The molecule has 0 amide bonds. The number of aromatic hydroxyl groups is 1. The second-order valence-corrected chi connectivity index (χ2v) is 6.04. The van der Waals surface area contributed by atoms with Gasteiger partial charge in [-0.3, -0.25) is 14.7 Å². The van der Waals surface area contributed by atoms with Crippen LogP contribution in [0.2, 0.25) is 5.02 Å². The lowest BCUT2D eigenvalue weighted by molar-refractivity contribution is 0.237. The van der Waals surface area contributed by atoms with Crippen LogP contribution < -0.4 is 5.56 Å². The van der Waals surface area contributed by atoms with E-state index in [-0.39, 0.29) is 21.1 Å². The zero-order valence-electron chi connectivity index (χ0n) is 11.4. The quantitative estimate of drug-likeness (QED) is 0.734. The van der Waals surface area contributed by atoms with Crippen LogP contribution in [-0.2, 0) is 19.5 Å². The number of benzene rings is 1. The van der Waals surface area contributed by atoms with Gasteiger partial charge >= 0.3 is 0 Å². The third-order valence-corrected chi connectivity index (χ3v) is 4.18. The van der Waals surface area contributed by atoms with Gasteiger partial charge in [0.15, 0.2) is 4.77 Å². The van der Waals surface area contributed by atoms with Crippen molar-refractivity contribution in [1.29, 1.82) is 0 Å². The van der Waals surface area contributed by atoms with Gasteiger partial charge in [-0.2, -0.15) is 0 Å². The Balaban J connectivity index is 1.87. The van der Waals surface area contributed by atoms with E-state index in [0.29, 0.717) is 37.2 Å². The molecule has 0 saturated carbocycles. The molecule has 0 saturated heterocycles. The fourth-order valence-electron chi connectivity index (χ4n) is 2.65. The molecule has 3 N–H and O–H groups in total. The Morgan fingerprint density at radius 2 is 2.18 bits per heavy atom. The summed E-state index contributed by atoms with van der Waals surface area (Å²) in [5.74, 6) is -0.612. The molecule has 116 valence electrons. The highest BCUT2D eigenvalue weighted by molar-refractivity contribution is 7.71. The molecule has 3 rings (SSSR count). The van der Waals surface area contributed by atoms with Crippen molar-refractivity contribution in [2.75, 3.05) is 6.54 Å². The molecule has 2 aromatic rings. The van der Waals surface area contributed by atoms with Gasteiger partial charge in [0, 0.05) is 36.5 Å². The number of phenols is 1. The topological polar surface area (TPSA) is 72.1 Å². The van der Waals surface area contributed by atoms with E-state index in [1.54, 1.807) is 0 Å². The normalized spacial score (nSPS) is 14.8. The number of H-pyrrole nitrogens is 2. The number of rotatable bonds is 2. The zero-order valence-corrected chi connectivity index (χ0v) is 13.0. The predicted octanol–water partition coefficient (Wildman–Crippen LogP) is 2.49. The van der Waals surface area contributed by atoms with Crippen LogP contribution >= 0.6 is 23.8 Å². The summed E-state index contributed by atoms with van der Waals surface area (Å²) in [6.45, 7) is 1.42. The van der Waals surface area contributed by atoms with Crippen LogP contribution in [-0.4, -0.2) is 26.5 Å². The van der Waals surface area contributed by atoms with E-state index in [9.17, 15) is 14.3 Å². The number of nitrogens with one attached hydrogen (secondary N) is 2. The van der Waals surface area contributed by atoms with Crippen LogP contribution in [0.15, 0.2) is 16.9 Å². The molecule has 0 fully saturated rings. The summed E-state index contributed by atoms with van der Waals surface area (Å²) in [6, 6.07) is 2.33. The number of fused-ring (bicyclic) bond motifs is 1. The molecule has 0 radical (unpaired) electrons. The minimum atomic E-state index is -0.494. The molecule has 0 unspecified atom stereocenters. The van der Waals surface area contributed by atoms with Crippen molar-refractivity contribution in [3.05, 3.63) is 54.9 Å². The molecular weight excluding hydrogens is 329 g/mol. The molecule has 8 heteroatoms. The van der Waals surface area contributed by atoms with Crippen LogP contribution in [0.25, 0.3) is 0 Å². The first-order valence-electron chi connectivity index (χ1n) is 6.67. The summed E-state index contributed by atoms with van der Waals surface area (Å²) in [7, 11) is 0. The summed E-state index contributed by atoms with van der Waals surface area (Å²) >= 11 is 10.8. The Morgan fingerprint density at radius 3 is 2.95 bits per heavy atom. The van der Waals surface area contributed by atoms with Gasteiger partial charge < -0.3 is 10.1 Å². The van der Waals surface area contributed by atoms with E-state index < -0.39 is 5.82 Å². The minimum absolute atomic E-state index is 0.0109. The number of hydrogen-bond donors (Lipinski definition) is 3. The first-order valence-corrected chi connectivity index (χ1v) is 7.46. The second-order valence-electron chi connectivity index (χ2n) is 5.22. The van der Waals surface area contributed by atoms with Gasteiger partial charge in [-0.15, -0.1) is 0 Å². The van der Waals surface area contributed by atoms with Crippen molar-refractivity contribution in [1.82, 2.24) is 14.9 Å². The van der Waals surface area contributed by atoms with Gasteiger partial charge in [-0.05, 0) is 30.8 Å². The average Bonchev–Trinajstić information content (AvgIpc) is 2.43. The Labute approximate surface area is 135 Å². The van der Waals surface area contributed by atoms with Gasteiger partial charge in [-0.1, -0.05) is 11.6 Å². The first kappa shape index (κ1) is 15.2. The smallest absolute Gasteiger partial charge is 0.255 e. The average molecular weight is 342 g/mol. The largest absolute Gasteiger partial charge is 0.506 e. The molecule has 0 bridgehead atoms. The summed E-state index contributed by atoms with van der Waals surface area (Å²) < 4.78 is 13.7. The minimum Gasteiger partial charge on any atom is -0.506 e. The van der Waals surface area contributed by atoms with Crippen LogP contribution in [0.1, 0.15) is 16.8 Å². The molecule has 0 aliphatic carbocycles. The Morgan fingerprint density at radius 1 is 1.41 bits per heavy atom. The number of hydrogen-bond acceptors (Lipinski definition) is 4. The molecule has 0 atom stereocenters. The maximum atomic E-state index is 13.4. The van der Waals surface area contributed by atoms with E-state index in [2.05, 4.69) is 9.97 Å². The summed E-state index contributed by atoms with van der Waals surface area (Å²) in [5, 5.41) is 9.92. The van der Waals surface area contributed by atoms with Crippen molar-refractivity contribution in [3.8, 4) is 5.75 Å². The van der Waals surface area contributed by atoms with Gasteiger partial charge in [-0.25, -0.2) is 4.39 Å². The molecular formula is C14H13ClFN3O2S. The lowest BCUT2D eigenvalue weighted by atomic mass is 10.1. The van der Waals surface area contributed by atoms with Gasteiger partial charge in [0.05, 0.1) is 5.02 Å². The molecule has 1 aliphatic heterocycles. The van der Waals surface area contributed by atoms with Crippen LogP contribution in [0.4, 0.5) is 4.39 Å². The zero-order chi connectivity index (χ0) is 15.9. The fourth-order valence-corrected chi connectivity index (χ4v) is 3.09. The predicted molar refractivity (Wildman–Crippen MR) is 83.1 cm³/mol. The monoisotopic (exact) mass is 341 g/mol. The fraction of sp³-hybridized carbons (Fsp3) is 0.286. The highest BCUT2D eigenvalue weighted by Gasteiger charge is 2.21. The molecule has 2 heterocycles. The lowest BCUT2D eigenvalue weighted by Crippen LogP contribution is -2.34. The van der Waals surface area contributed by atoms with Gasteiger partial charge in [0.25, 0.3) is 5.56 Å². The Kier molecular flexibility index (Phi) is 4.03. The van der Waals surface area contributed by atoms with Crippen molar-refractivity contribution in [2.45, 2.75) is 19.5 Å². The highest BCUT2D eigenvalue weighted by atomic mass is 35.5. The Bertz CT molecular complexity index is 849. The van der Waals surface area contributed by atoms with Crippen LogP contribution in [0.3, 0.4) is 0 Å². The highest BCUT2D eigenvalue weighted by Crippen LogP contribution is 2.30. The number of phenolic OH excluding ortho intramolecular Hbond substituents is 1. The van der Waals surface area contributed by atoms with E-state index in [0.717, 1.165) is 11.8 Å².